The number of phenolic OH excluding ortho intramolecular Hbond substituents is 2. The number of phenols is 2. The molecule has 5 N–H and O–H groups in total. The largest absolute Gasteiger partial charge is 0.504 e. The summed E-state index contributed by atoms with van der Waals surface area (Å²) in [7, 11) is 0. The summed E-state index contributed by atoms with van der Waals surface area (Å²) < 4.78 is 5.45. The van der Waals surface area contributed by atoms with Gasteiger partial charge in [0.25, 0.3) is 0 Å². The Hall–Kier alpha value is -3.14. The zero-order chi connectivity index (χ0) is 16.6. The van der Waals surface area contributed by atoms with E-state index >= 15 is 0 Å². The number of aromatic amines is 1. The van der Waals surface area contributed by atoms with Crippen LogP contribution in [0.3, 0.4) is 0 Å². The second-order valence-electron chi connectivity index (χ2n) is 5.34. The Morgan fingerprint density at radius 3 is 2.83 bits per heavy atom. The minimum Gasteiger partial charge on any atom is -0.504 e. The van der Waals surface area contributed by atoms with Crippen LogP contribution in [0.5, 0.6) is 17.4 Å². The maximum atomic E-state index is 9.79. The molecule has 0 radical (unpaired) electrons. The highest BCUT2D eigenvalue weighted by atomic mass is 16.5. The fourth-order valence-electron chi connectivity index (χ4n) is 2.80. The first-order valence-corrected chi connectivity index (χ1v) is 7.23. The van der Waals surface area contributed by atoms with Crippen LogP contribution in [0, 0.1) is 11.3 Å². The monoisotopic (exact) mass is 312 g/mol. The number of nitrogens with one attached hydrogen (secondary N) is 1. The highest BCUT2D eigenvalue weighted by molar-refractivity contribution is 5.57. The van der Waals surface area contributed by atoms with Crippen molar-refractivity contribution in [2.75, 3.05) is 0 Å². The summed E-state index contributed by atoms with van der Waals surface area (Å²) >= 11 is 0. The Kier molecular flexibility index (Phi) is 3.58. The topological polar surface area (TPSA) is 128 Å². The van der Waals surface area contributed by atoms with Gasteiger partial charge in [-0.2, -0.15) is 5.26 Å². The number of aromatic nitrogens is 2. The molecule has 0 aliphatic carbocycles. The summed E-state index contributed by atoms with van der Waals surface area (Å²) in [6, 6.07) is 6.52. The van der Waals surface area contributed by atoms with Crippen LogP contribution in [0.1, 0.15) is 36.1 Å². The number of nitrogens with two attached hydrogens (primary N) is 1. The summed E-state index contributed by atoms with van der Waals surface area (Å²) in [5.41, 5.74) is 8.33. The van der Waals surface area contributed by atoms with Crippen molar-refractivity contribution >= 4 is 0 Å². The molecule has 118 valence electrons. The molecule has 1 atom stereocenters. The molecule has 2 heterocycles. The SMILES string of the molecule is CCCc1[nH]nc2c1[C@@H](c1ccc(O)c(O)c1)C(C#N)=C(N)O2. The third-order valence-electron chi connectivity index (χ3n) is 3.85. The van der Waals surface area contributed by atoms with Gasteiger partial charge in [-0.15, -0.1) is 5.10 Å². The zero-order valence-electron chi connectivity index (χ0n) is 12.5. The molecule has 23 heavy (non-hydrogen) atoms. The van der Waals surface area contributed by atoms with Gasteiger partial charge in [-0.3, -0.25) is 5.10 Å². The van der Waals surface area contributed by atoms with Gasteiger partial charge >= 0.3 is 0 Å². The molecule has 1 aliphatic rings. The quantitative estimate of drug-likeness (QED) is 0.642. The van der Waals surface area contributed by atoms with Crippen LogP contribution in [0.4, 0.5) is 0 Å². The predicted molar refractivity (Wildman–Crippen MR) is 81.7 cm³/mol. The van der Waals surface area contributed by atoms with E-state index < -0.39 is 5.92 Å². The lowest BCUT2D eigenvalue weighted by Gasteiger charge is -2.24. The lowest BCUT2D eigenvalue weighted by atomic mass is 9.83. The van der Waals surface area contributed by atoms with Gasteiger partial charge in [0.2, 0.25) is 11.8 Å². The number of ether oxygens (including phenoxy) is 1. The summed E-state index contributed by atoms with van der Waals surface area (Å²) in [5.74, 6) is -0.658. The average Bonchev–Trinajstić information content (AvgIpc) is 2.91. The molecule has 2 aromatic rings. The molecule has 7 nitrogen and oxygen atoms in total. The van der Waals surface area contributed by atoms with Crippen LogP contribution in [-0.2, 0) is 6.42 Å². The highest BCUT2D eigenvalue weighted by Gasteiger charge is 2.35. The van der Waals surface area contributed by atoms with E-state index in [2.05, 4.69) is 16.3 Å². The smallest absolute Gasteiger partial charge is 0.244 e. The zero-order valence-corrected chi connectivity index (χ0v) is 12.5. The Balaban J connectivity index is 2.21. The van der Waals surface area contributed by atoms with E-state index in [4.69, 9.17) is 10.5 Å². The molecule has 1 aromatic heterocycles. The number of aryl methyl sites for hydroxylation is 1. The van der Waals surface area contributed by atoms with Crippen LogP contribution >= 0.6 is 0 Å². The first-order valence-electron chi connectivity index (χ1n) is 7.23. The normalized spacial score (nSPS) is 16.6. The Bertz CT molecular complexity index is 832. The third-order valence-corrected chi connectivity index (χ3v) is 3.85. The summed E-state index contributed by atoms with van der Waals surface area (Å²) in [6.45, 7) is 2.04. The van der Waals surface area contributed by atoms with Crippen molar-refractivity contribution in [3.05, 3.63) is 46.5 Å². The molecule has 0 amide bonds. The van der Waals surface area contributed by atoms with Gasteiger partial charge in [0, 0.05) is 11.3 Å². The standard InChI is InChI=1S/C16H16N4O3/c1-2-3-10-14-13(8-4-5-11(21)12(22)6-8)9(7-17)15(18)23-16(14)20-19-10/h4-6,13,21-22H,2-3,18H2,1H3,(H,19,20)/t13-/m0/s1. The van der Waals surface area contributed by atoms with Gasteiger partial charge in [0.1, 0.15) is 11.6 Å². The summed E-state index contributed by atoms with van der Waals surface area (Å²) in [5, 5.41) is 35.9. The maximum absolute atomic E-state index is 9.79. The predicted octanol–water partition coefficient (Wildman–Crippen LogP) is 1.99. The van der Waals surface area contributed by atoms with Crippen LogP contribution in [-0.4, -0.2) is 20.4 Å². The highest BCUT2D eigenvalue weighted by Crippen LogP contribution is 2.44. The van der Waals surface area contributed by atoms with E-state index in [1.54, 1.807) is 6.07 Å². The lowest BCUT2D eigenvalue weighted by Crippen LogP contribution is -2.21. The van der Waals surface area contributed by atoms with Gasteiger partial charge < -0.3 is 20.7 Å². The van der Waals surface area contributed by atoms with Crippen molar-refractivity contribution in [2.45, 2.75) is 25.7 Å². The number of nitrogens with zero attached hydrogens (tertiary/aromatic N) is 2. The molecule has 1 aliphatic heterocycles. The molecule has 3 rings (SSSR count). The van der Waals surface area contributed by atoms with Gasteiger partial charge in [0.15, 0.2) is 11.5 Å². The number of allylic oxidation sites excluding steroid dienone is 1. The molecule has 7 heteroatoms. The van der Waals surface area contributed by atoms with Crippen molar-refractivity contribution in [1.82, 2.24) is 10.2 Å². The molecule has 0 spiro atoms. The minimum atomic E-state index is -0.504. The van der Waals surface area contributed by atoms with Crippen LogP contribution in [0.2, 0.25) is 0 Å². The van der Waals surface area contributed by atoms with Crippen LogP contribution in [0.15, 0.2) is 29.7 Å². The molecular formula is C16H16N4O3. The Morgan fingerprint density at radius 2 is 2.17 bits per heavy atom. The van der Waals surface area contributed by atoms with Crippen molar-refractivity contribution in [2.24, 2.45) is 5.73 Å². The number of hydrogen-bond acceptors (Lipinski definition) is 6. The number of rotatable bonds is 3. The van der Waals surface area contributed by atoms with Crippen LogP contribution in [0.25, 0.3) is 0 Å². The first-order chi connectivity index (χ1) is 11.1. The number of aromatic hydroxyl groups is 2. The molecule has 1 aromatic carbocycles. The average molecular weight is 312 g/mol. The third kappa shape index (κ3) is 2.34. The fraction of sp³-hybridized carbons (Fsp3) is 0.250. The Labute approximate surface area is 132 Å². The number of nitriles is 1. The van der Waals surface area contributed by atoms with E-state index in [1.165, 1.54) is 12.1 Å². The van der Waals surface area contributed by atoms with Crippen molar-refractivity contribution in [3.63, 3.8) is 0 Å². The first kappa shape index (κ1) is 14.8. The number of H-pyrrole nitrogens is 1. The van der Waals surface area contributed by atoms with Gasteiger partial charge in [-0.1, -0.05) is 19.4 Å². The van der Waals surface area contributed by atoms with E-state index in [0.717, 1.165) is 24.1 Å². The molecular weight excluding hydrogens is 296 g/mol. The van der Waals surface area contributed by atoms with Crippen LogP contribution < -0.4 is 10.5 Å². The van der Waals surface area contributed by atoms with E-state index in [-0.39, 0.29) is 23.0 Å². The molecule has 0 saturated carbocycles. The summed E-state index contributed by atoms with van der Waals surface area (Å²) in [6.07, 6.45) is 1.63. The second-order valence-corrected chi connectivity index (χ2v) is 5.34. The molecule has 0 saturated heterocycles. The second kappa shape index (κ2) is 5.57. The minimum absolute atomic E-state index is 0.00730. The van der Waals surface area contributed by atoms with E-state index in [9.17, 15) is 15.5 Å². The lowest BCUT2D eigenvalue weighted by molar-refractivity contribution is 0.378. The van der Waals surface area contributed by atoms with E-state index in [0.29, 0.717) is 11.4 Å². The number of benzene rings is 1. The van der Waals surface area contributed by atoms with Gasteiger partial charge in [-0.25, -0.2) is 0 Å². The Morgan fingerprint density at radius 1 is 1.39 bits per heavy atom. The maximum Gasteiger partial charge on any atom is 0.244 e. The molecule has 0 unspecified atom stereocenters. The molecule has 0 fully saturated rings. The van der Waals surface area contributed by atoms with Crippen molar-refractivity contribution < 1.29 is 14.9 Å². The van der Waals surface area contributed by atoms with Gasteiger partial charge in [-0.05, 0) is 24.1 Å². The number of fused-ring (bicyclic) bond motifs is 1. The van der Waals surface area contributed by atoms with Crippen molar-refractivity contribution in [3.8, 4) is 23.4 Å². The fourth-order valence-corrected chi connectivity index (χ4v) is 2.80. The number of hydrogen-bond donors (Lipinski definition) is 4. The van der Waals surface area contributed by atoms with Gasteiger partial charge in [0.05, 0.1) is 5.92 Å². The molecule has 0 bridgehead atoms. The summed E-state index contributed by atoms with van der Waals surface area (Å²) in [4.78, 5) is 0. The van der Waals surface area contributed by atoms with E-state index in [1.807, 2.05) is 6.92 Å². The van der Waals surface area contributed by atoms with Crippen molar-refractivity contribution in [1.29, 1.82) is 5.26 Å².